The molecule has 0 aliphatic heterocycles. The van der Waals surface area contributed by atoms with E-state index < -0.39 is 0 Å². The van der Waals surface area contributed by atoms with Crippen LogP contribution in [0.1, 0.15) is 61.4 Å². The lowest BCUT2D eigenvalue weighted by molar-refractivity contribution is 0.249. The molecule has 1 unspecified atom stereocenters. The number of hydrogen-bond donors (Lipinski definition) is 4. The molecule has 1 atom stereocenters. The average molecular weight is 724 g/mol. The van der Waals surface area contributed by atoms with E-state index >= 15 is 0 Å². The molecule has 268 valence electrons. The second kappa shape index (κ2) is 22.0. The van der Waals surface area contributed by atoms with Crippen LogP contribution in [-0.2, 0) is 19.8 Å². The quantitative estimate of drug-likeness (QED) is 0.0722. The van der Waals surface area contributed by atoms with Gasteiger partial charge in [-0.2, -0.15) is 5.26 Å². The first-order valence-electron chi connectivity index (χ1n) is 16.9. The maximum Gasteiger partial charge on any atom is 0.142 e. The fraction of sp³-hybridized carbons (Fsp3) is 0.385. The van der Waals surface area contributed by atoms with Crippen LogP contribution in [0, 0.1) is 18.3 Å². The van der Waals surface area contributed by atoms with Crippen LogP contribution in [0.3, 0.4) is 0 Å². The predicted molar refractivity (Wildman–Crippen MR) is 200 cm³/mol. The normalized spacial score (nSPS) is 11.3. The number of aromatic nitrogens is 1. The monoisotopic (exact) mass is 722 g/mol. The zero-order valence-corrected chi connectivity index (χ0v) is 30.8. The molecule has 0 bridgehead atoms. The summed E-state index contributed by atoms with van der Waals surface area (Å²) in [5.74, 6) is 1.77. The number of nitrogens with one attached hydrogen (secondary N) is 2. The first-order valence-corrected chi connectivity index (χ1v) is 17.7. The number of ether oxygens (including phenoxy) is 3. The second-order valence-electron chi connectivity index (χ2n) is 11.4. The highest BCUT2D eigenvalue weighted by atomic mass is 35.5. The number of rotatable bonds is 19. The van der Waals surface area contributed by atoms with Crippen molar-refractivity contribution >= 4 is 23.2 Å². The van der Waals surface area contributed by atoms with Gasteiger partial charge < -0.3 is 35.1 Å². The third-order valence-corrected chi connectivity index (χ3v) is 8.39. The number of nitrogens with zero attached hydrogens (tertiary/aromatic N) is 2. The zero-order valence-electron chi connectivity index (χ0n) is 29.3. The molecular weight excluding hydrogens is 675 g/mol. The van der Waals surface area contributed by atoms with Crippen LogP contribution >= 0.6 is 23.2 Å². The topological polar surface area (TPSA) is 129 Å². The van der Waals surface area contributed by atoms with Gasteiger partial charge in [0.05, 0.1) is 28.8 Å². The minimum absolute atomic E-state index is 0.0150. The van der Waals surface area contributed by atoms with Crippen molar-refractivity contribution in [2.75, 3.05) is 32.9 Å². The van der Waals surface area contributed by atoms with E-state index in [0.29, 0.717) is 40.3 Å². The summed E-state index contributed by atoms with van der Waals surface area (Å²) in [5.41, 5.74) is 5.59. The van der Waals surface area contributed by atoms with Crippen molar-refractivity contribution < 1.29 is 24.4 Å². The molecule has 11 heteroatoms. The highest BCUT2D eigenvalue weighted by Crippen LogP contribution is 2.38. The van der Waals surface area contributed by atoms with Gasteiger partial charge in [0.25, 0.3) is 0 Å². The fourth-order valence-corrected chi connectivity index (χ4v) is 5.45. The number of benzene rings is 3. The van der Waals surface area contributed by atoms with Crippen LogP contribution in [-0.4, -0.2) is 54.1 Å². The molecule has 4 rings (SSSR count). The lowest BCUT2D eigenvalue weighted by Crippen LogP contribution is -2.28. The van der Waals surface area contributed by atoms with Crippen LogP contribution in [0.4, 0.5) is 0 Å². The molecule has 50 heavy (non-hydrogen) atoms. The fourth-order valence-electron chi connectivity index (χ4n) is 4.92. The first-order chi connectivity index (χ1) is 24.3. The average Bonchev–Trinajstić information content (AvgIpc) is 3.14. The molecule has 4 aromatic rings. The van der Waals surface area contributed by atoms with E-state index in [-0.39, 0.29) is 32.5 Å². The molecule has 0 radical (unpaired) electrons. The molecule has 9 nitrogen and oxygen atoms in total. The van der Waals surface area contributed by atoms with Crippen LogP contribution in [0.15, 0.2) is 67.0 Å². The van der Waals surface area contributed by atoms with Gasteiger partial charge in [0, 0.05) is 59.9 Å². The summed E-state index contributed by atoms with van der Waals surface area (Å²) < 4.78 is 18.5. The SMILES string of the molecule is CC.Cc1c(OCCCNCCCO)cccc1-c1cccc(COc2cc(OCc3cncc(C#N)c3)c(CNC(C)CO)cc2Cl)c1Cl. The van der Waals surface area contributed by atoms with Crippen LogP contribution in [0.25, 0.3) is 11.1 Å². The smallest absolute Gasteiger partial charge is 0.142 e. The molecule has 0 saturated heterocycles. The molecule has 0 aliphatic carbocycles. The standard InChI is InChI=1S/C37H42Cl2N4O5.C2H6/c1-25(22-45)43-21-30-16-33(38)36(17-35(30)47-23-28-15-27(18-40)19-42-20-28)48-24-29-7-3-9-32(37(29)39)31-8-4-10-34(26(31)2)46-14-6-12-41-11-5-13-44;1-2/h3-4,7-10,15-17,19-20,25,41,43-45H,5-6,11-14,21-24H2,1-2H3;1-2H3. The largest absolute Gasteiger partial charge is 0.493 e. The van der Waals surface area contributed by atoms with E-state index in [0.717, 1.165) is 65.1 Å². The van der Waals surface area contributed by atoms with E-state index in [2.05, 4.69) is 21.7 Å². The van der Waals surface area contributed by atoms with Gasteiger partial charge in [0.1, 0.15) is 36.5 Å². The molecule has 3 aromatic carbocycles. The summed E-state index contributed by atoms with van der Waals surface area (Å²) in [5, 5.41) is 35.1. The lowest BCUT2D eigenvalue weighted by atomic mass is 9.98. The third-order valence-electron chi connectivity index (χ3n) is 7.65. The highest BCUT2D eigenvalue weighted by molar-refractivity contribution is 6.34. The van der Waals surface area contributed by atoms with E-state index in [1.165, 1.54) is 6.20 Å². The molecule has 1 aromatic heterocycles. The highest BCUT2D eigenvalue weighted by Gasteiger charge is 2.16. The van der Waals surface area contributed by atoms with Crippen LogP contribution < -0.4 is 24.8 Å². The van der Waals surface area contributed by atoms with Gasteiger partial charge in [-0.05, 0) is 69.1 Å². The molecule has 0 saturated carbocycles. The van der Waals surface area contributed by atoms with Crippen LogP contribution in [0.2, 0.25) is 10.0 Å². The lowest BCUT2D eigenvalue weighted by Gasteiger charge is -2.18. The minimum Gasteiger partial charge on any atom is -0.493 e. The van der Waals surface area contributed by atoms with Crippen molar-refractivity contribution in [3.8, 4) is 34.4 Å². The number of aliphatic hydroxyl groups excluding tert-OH is 2. The number of aliphatic hydroxyl groups is 2. The van der Waals surface area contributed by atoms with Crippen molar-refractivity contribution in [2.24, 2.45) is 0 Å². The molecule has 0 spiro atoms. The molecule has 4 N–H and O–H groups in total. The Morgan fingerprint density at radius 2 is 1.60 bits per heavy atom. The van der Waals surface area contributed by atoms with Crippen molar-refractivity contribution in [1.29, 1.82) is 5.26 Å². The number of pyridine rings is 1. The summed E-state index contributed by atoms with van der Waals surface area (Å²) in [6.07, 6.45) is 4.74. The van der Waals surface area contributed by atoms with Gasteiger partial charge in [-0.25, -0.2) is 0 Å². The number of nitriles is 1. The third kappa shape index (κ3) is 12.2. The summed E-state index contributed by atoms with van der Waals surface area (Å²) in [4.78, 5) is 4.11. The number of hydrogen-bond acceptors (Lipinski definition) is 9. The zero-order chi connectivity index (χ0) is 36.3. The summed E-state index contributed by atoms with van der Waals surface area (Å²) >= 11 is 13.7. The van der Waals surface area contributed by atoms with Gasteiger partial charge >= 0.3 is 0 Å². The molecule has 0 amide bonds. The van der Waals surface area contributed by atoms with Crippen molar-refractivity contribution in [3.05, 3.63) is 105 Å². The van der Waals surface area contributed by atoms with Gasteiger partial charge in [-0.1, -0.05) is 67.4 Å². The Labute approximate surface area is 306 Å². The summed E-state index contributed by atoms with van der Waals surface area (Å²) in [6.45, 7) is 11.0. The van der Waals surface area contributed by atoms with Crippen molar-refractivity contribution in [3.63, 3.8) is 0 Å². The van der Waals surface area contributed by atoms with Gasteiger partial charge in [0.15, 0.2) is 0 Å². The van der Waals surface area contributed by atoms with Gasteiger partial charge in [-0.15, -0.1) is 0 Å². The number of halogens is 2. The summed E-state index contributed by atoms with van der Waals surface area (Å²) in [7, 11) is 0. The molecular formula is C39H48Cl2N4O5. The van der Waals surface area contributed by atoms with Crippen LogP contribution in [0.5, 0.6) is 17.2 Å². The Morgan fingerprint density at radius 1 is 0.860 bits per heavy atom. The molecule has 1 heterocycles. The van der Waals surface area contributed by atoms with E-state index in [9.17, 15) is 10.4 Å². The second-order valence-corrected chi connectivity index (χ2v) is 12.1. The van der Waals surface area contributed by atoms with Crippen molar-refractivity contribution in [2.45, 2.75) is 66.3 Å². The summed E-state index contributed by atoms with van der Waals surface area (Å²) in [6, 6.07) is 19.0. The molecule has 0 aliphatic rings. The van der Waals surface area contributed by atoms with Crippen molar-refractivity contribution in [1.82, 2.24) is 15.6 Å². The Kier molecular flexibility index (Phi) is 17.9. The van der Waals surface area contributed by atoms with E-state index in [4.69, 9.17) is 42.5 Å². The van der Waals surface area contributed by atoms with Gasteiger partial charge in [-0.3, -0.25) is 4.98 Å². The Morgan fingerprint density at radius 3 is 2.36 bits per heavy atom. The maximum absolute atomic E-state index is 9.48. The predicted octanol–water partition coefficient (Wildman–Crippen LogP) is 7.63. The van der Waals surface area contributed by atoms with E-state index in [1.807, 2.05) is 64.1 Å². The Hall–Kier alpha value is -3.88. The van der Waals surface area contributed by atoms with Gasteiger partial charge in [0.2, 0.25) is 0 Å². The minimum atomic E-state index is -0.125. The Balaban J connectivity index is 0.00000332. The first kappa shape index (κ1) is 40.5. The maximum atomic E-state index is 9.48. The Bertz CT molecular complexity index is 1680. The molecule has 0 fully saturated rings. The van der Waals surface area contributed by atoms with E-state index in [1.54, 1.807) is 24.4 Å².